The lowest BCUT2D eigenvalue weighted by molar-refractivity contribution is -0.0734. The molecule has 55 heavy (non-hydrogen) atoms. The number of benzene rings is 3. The van der Waals surface area contributed by atoms with E-state index in [2.05, 4.69) is 20.8 Å². The number of aromatic hydroxyl groups is 1. The molecule has 3 aromatic carbocycles. The summed E-state index contributed by atoms with van der Waals surface area (Å²) in [5.74, 6) is -3.01. The molecule has 5 aromatic rings. The second-order valence-corrected chi connectivity index (χ2v) is 15.9. The maximum absolute atomic E-state index is 17.7. The molecule has 5 fully saturated rings. The van der Waals surface area contributed by atoms with Crippen molar-refractivity contribution in [2.75, 3.05) is 37.7 Å². The van der Waals surface area contributed by atoms with Gasteiger partial charge in [-0.1, -0.05) is 12.0 Å². The number of phenols is 1. The number of phenolic OH excluding ortho intramolecular Hbond substituents is 1. The first-order valence-corrected chi connectivity index (χ1v) is 18.7. The molecule has 4 aliphatic heterocycles. The van der Waals surface area contributed by atoms with Crippen molar-refractivity contribution in [3.05, 3.63) is 47.4 Å². The van der Waals surface area contributed by atoms with Gasteiger partial charge in [0.15, 0.2) is 17.3 Å². The average Bonchev–Trinajstić information content (AvgIpc) is 3.49. The topological polar surface area (TPSA) is 111 Å². The number of piperazine rings is 1. The molecule has 6 heterocycles. The summed E-state index contributed by atoms with van der Waals surface area (Å²) in [5, 5.41) is 22.6. The highest BCUT2D eigenvalue weighted by Crippen LogP contribution is 2.53. The van der Waals surface area contributed by atoms with E-state index in [4.69, 9.17) is 20.6 Å². The third-order valence-corrected chi connectivity index (χ3v) is 12.6. The molecule has 286 valence electrons. The maximum atomic E-state index is 17.7. The van der Waals surface area contributed by atoms with Crippen LogP contribution in [0.5, 0.6) is 11.8 Å². The minimum absolute atomic E-state index is 0.0635. The van der Waals surface area contributed by atoms with Crippen LogP contribution in [0.2, 0.25) is 0 Å². The minimum atomic E-state index is -2.90. The quantitative estimate of drug-likeness (QED) is 0.142. The lowest BCUT2D eigenvalue weighted by Crippen LogP contribution is -2.58. The van der Waals surface area contributed by atoms with E-state index in [0.29, 0.717) is 24.8 Å². The highest BCUT2D eigenvalue weighted by molar-refractivity contribution is 6.16. The number of aromatic nitrogens is 3. The predicted octanol–water partition coefficient (Wildman–Crippen LogP) is 6.45. The van der Waals surface area contributed by atoms with Gasteiger partial charge in [-0.15, -0.1) is 6.42 Å². The zero-order valence-electron chi connectivity index (χ0n) is 29.8. The van der Waals surface area contributed by atoms with Crippen molar-refractivity contribution in [1.82, 2.24) is 24.8 Å². The van der Waals surface area contributed by atoms with E-state index in [1.807, 2.05) is 4.90 Å². The number of anilines is 1. The molecule has 4 saturated heterocycles. The summed E-state index contributed by atoms with van der Waals surface area (Å²) >= 11 is 0. The Morgan fingerprint density at radius 3 is 2.55 bits per heavy atom. The number of halogens is 5. The van der Waals surface area contributed by atoms with Crippen molar-refractivity contribution in [2.45, 2.75) is 81.4 Å². The number of oxazole rings is 1. The Labute approximate surface area is 311 Å². The number of aliphatic hydroxyl groups is 1. The summed E-state index contributed by atoms with van der Waals surface area (Å²) in [5.41, 5.74) is -0.755. The Hall–Kier alpha value is -4.78. The van der Waals surface area contributed by atoms with Crippen LogP contribution in [0, 0.1) is 36.8 Å². The van der Waals surface area contributed by atoms with Gasteiger partial charge >= 0.3 is 6.01 Å². The fourth-order valence-electron chi connectivity index (χ4n) is 10.0. The largest absolute Gasteiger partial charge is 0.508 e. The van der Waals surface area contributed by atoms with Gasteiger partial charge in [-0.25, -0.2) is 26.9 Å². The van der Waals surface area contributed by atoms with Crippen molar-refractivity contribution in [1.29, 1.82) is 0 Å². The highest BCUT2D eigenvalue weighted by Gasteiger charge is 2.63. The number of nitrogens with zero attached hydrogens (tertiary/aromatic N) is 6. The van der Waals surface area contributed by atoms with E-state index in [0.717, 1.165) is 19.4 Å². The maximum Gasteiger partial charge on any atom is 0.319 e. The fraction of sp³-hybridized carbons (Fsp3) is 0.475. The molecule has 4 unspecified atom stereocenters. The van der Waals surface area contributed by atoms with Crippen LogP contribution in [0.1, 0.15) is 50.0 Å². The molecular weight excluding hydrogens is 723 g/mol. The van der Waals surface area contributed by atoms with E-state index in [9.17, 15) is 23.4 Å². The average molecular weight is 761 g/mol. The molecule has 2 bridgehead atoms. The van der Waals surface area contributed by atoms with Crippen LogP contribution in [0.25, 0.3) is 43.9 Å². The third kappa shape index (κ3) is 5.28. The summed E-state index contributed by atoms with van der Waals surface area (Å²) in [6, 6.07) is 4.57. The molecule has 1 aliphatic carbocycles. The van der Waals surface area contributed by atoms with Crippen LogP contribution in [-0.2, 0) is 0 Å². The van der Waals surface area contributed by atoms with Gasteiger partial charge in [-0.3, -0.25) is 9.80 Å². The number of fused-ring (bicyclic) bond motifs is 7. The third-order valence-electron chi connectivity index (χ3n) is 12.6. The van der Waals surface area contributed by atoms with Crippen LogP contribution in [0.4, 0.5) is 27.8 Å². The number of hydrogen-bond donors (Lipinski definition) is 2. The summed E-state index contributed by atoms with van der Waals surface area (Å²) in [7, 11) is 0. The summed E-state index contributed by atoms with van der Waals surface area (Å²) in [6.45, 7) is 3.26. The Kier molecular flexibility index (Phi) is 7.64. The Bertz CT molecular complexity index is 2460. The van der Waals surface area contributed by atoms with Crippen LogP contribution in [0.15, 0.2) is 28.7 Å². The Morgan fingerprint density at radius 1 is 1.05 bits per heavy atom. The molecule has 0 amide bonds. The number of ether oxygens (including phenoxy) is 1. The van der Waals surface area contributed by atoms with Crippen molar-refractivity contribution in [2.24, 2.45) is 5.92 Å². The predicted molar refractivity (Wildman–Crippen MR) is 193 cm³/mol. The second kappa shape index (κ2) is 12.1. The first kappa shape index (κ1) is 34.7. The van der Waals surface area contributed by atoms with Crippen LogP contribution >= 0.6 is 0 Å². The first-order chi connectivity index (χ1) is 26.4. The second-order valence-electron chi connectivity index (χ2n) is 15.9. The molecule has 0 spiro atoms. The fourth-order valence-corrected chi connectivity index (χ4v) is 10.0. The SMILES string of the molecule is C#Cc1c(F)ccc2cc(O)cc(-c3c(F)c4nc(OC[C@@]56CCCN5C[C@H](F)C6)nc(N5CC6CCC(C5)N6C(O)C5CC5(F)F)c4c4oc(C)nc34)c12. The number of alkyl halides is 3. The lowest BCUT2D eigenvalue weighted by atomic mass is 9.92. The van der Waals surface area contributed by atoms with Gasteiger partial charge in [-0.05, 0) is 61.4 Å². The normalized spacial score (nSPS) is 28.0. The smallest absolute Gasteiger partial charge is 0.319 e. The molecule has 6 atom stereocenters. The van der Waals surface area contributed by atoms with E-state index in [1.165, 1.54) is 24.3 Å². The molecule has 2 N–H and O–H groups in total. The Balaban J connectivity index is 1.16. The number of aryl methyl sites for hydroxylation is 1. The van der Waals surface area contributed by atoms with Gasteiger partial charge in [0.1, 0.15) is 47.4 Å². The zero-order valence-corrected chi connectivity index (χ0v) is 29.8. The molecule has 1 saturated carbocycles. The lowest BCUT2D eigenvalue weighted by Gasteiger charge is -2.44. The van der Waals surface area contributed by atoms with Gasteiger partial charge < -0.3 is 24.3 Å². The summed E-state index contributed by atoms with van der Waals surface area (Å²) < 4.78 is 88.3. The van der Waals surface area contributed by atoms with Gasteiger partial charge in [0.25, 0.3) is 5.92 Å². The number of terminal acetylenes is 1. The van der Waals surface area contributed by atoms with Gasteiger partial charge in [0, 0.05) is 56.9 Å². The van der Waals surface area contributed by atoms with Gasteiger partial charge in [0.05, 0.1) is 28.0 Å². The molecule has 2 aromatic heterocycles. The molecule has 15 heteroatoms. The minimum Gasteiger partial charge on any atom is -0.508 e. The molecule has 5 aliphatic rings. The zero-order chi connectivity index (χ0) is 38.1. The van der Waals surface area contributed by atoms with E-state index in [1.54, 1.807) is 11.8 Å². The first-order valence-electron chi connectivity index (χ1n) is 18.7. The van der Waals surface area contributed by atoms with E-state index in [-0.39, 0.29) is 112 Å². The van der Waals surface area contributed by atoms with Crippen molar-refractivity contribution in [3.63, 3.8) is 0 Å². The number of aliphatic hydroxyl groups excluding tert-OH is 1. The highest BCUT2D eigenvalue weighted by atomic mass is 19.3. The van der Waals surface area contributed by atoms with Crippen LogP contribution in [0.3, 0.4) is 0 Å². The van der Waals surface area contributed by atoms with Crippen molar-refractivity contribution >= 4 is 38.6 Å². The molecule has 0 radical (unpaired) electrons. The number of rotatable bonds is 7. The van der Waals surface area contributed by atoms with Crippen molar-refractivity contribution < 1.29 is 41.3 Å². The van der Waals surface area contributed by atoms with Gasteiger partial charge in [-0.2, -0.15) is 9.97 Å². The number of hydrogen-bond acceptors (Lipinski definition) is 10. The molecule has 10 nitrogen and oxygen atoms in total. The summed E-state index contributed by atoms with van der Waals surface area (Å²) in [6.07, 6.45) is 6.31. The van der Waals surface area contributed by atoms with Crippen molar-refractivity contribution in [3.8, 4) is 35.2 Å². The standard InChI is InChI=1S/C40H37F5N6O4/c1-3-25-28(42)8-5-20-11-24(52)12-26(29(20)25)30-32(43)33-31(35-34(30)46-19(2)55-35)36(48-38(47-33)54-18-39-9-4-10-50(39)15-21(41)13-39)49-16-22-6-7-23(17-49)51(22)37(53)27-14-40(27,44)45/h1,5,8,11-12,21-23,27,37,52-53H,4,6-7,9-10,13-18H2,2H3/t21-,22?,23?,27?,37?,39+/m1/s1. The molecule has 10 rings (SSSR count). The van der Waals surface area contributed by atoms with E-state index >= 15 is 8.78 Å². The van der Waals surface area contributed by atoms with Crippen LogP contribution in [-0.4, -0.2) is 104 Å². The molecular formula is C40H37F5N6O4. The van der Waals surface area contributed by atoms with Crippen LogP contribution < -0.4 is 9.64 Å². The monoisotopic (exact) mass is 760 g/mol. The van der Waals surface area contributed by atoms with E-state index < -0.39 is 41.4 Å². The van der Waals surface area contributed by atoms with Gasteiger partial charge in [0.2, 0.25) is 0 Å². The summed E-state index contributed by atoms with van der Waals surface area (Å²) in [4.78, 5) is 19.9. The Morgan fingerprint density at radius 2 is 1.82 bits per heavy atom.